The van der Waals surface area contributed by atoms with Crippen LogP contribution < -0.4 is 0 Å². The highest BCUT2D eigenvalue weighted by Gasteiger charge is 2.06. The summed E-state index contributed by atoms with van der Waals surface area (Å²) in [7, 11) is 0. The van der Waals surface area contributed by atoms with Gasteiger partial charge in [0.05, 0.1) is 0 Å². The first-order chi connectivity index (χ1) is 9.63. The Kier molecular flexibility index (Phi) is 3.47. The van der Waals surface area contributed by atoms with Crippen molar-refractivity contribution in [2.24, 2.45) is 0 Å². The predicted octanol–water partition coefficient (Wildman–Crippen LogP) is 4.55. The van der Waals surface area contributed by atoms with Crippen molar-refractivity contribution in [2.45, 2.75) is 6.92 Å². The molecule has 0 aliphatic carbocycles. The van der Waals surface area contributed by atoms with E-state index in [1.54, 1.807) is 6.07 Å². The van der Waals surface area contributed by atoms with Gasteiger partial charge in [-0.15, -0.1) is 0 Å². The SMILES string of the molecule is Cc1ccc(Cl)cc1-c1ccn(-c2cc(Cl)ncn2)c1. The van der Waals surface area contributed by atoms with Crippen LogP contribution in [0.4, 0.5) is 0 Å². The van der Waals surface area contributed by atoms with Gasteiger partial charge in [0.1, 0.15) is 17.3 Å². The van der Waals surface area contributed by atoms with Crippen LogP contribution in [0.1, 0.15) is 5.56 Å². The third kappa shape index (κ3) is 2.55. The molecule has 3 rings (SSSR count). The summed E-state index contributed by atoms with van der Waals surface area (Å²) in [6.45, 7) is 2.06. The maximum atomic E-state index is 6.07. The quantitative estimate of drug-likeness (QED) is 0.650. The molecular weight excluding hydrogens is 293 g/mol. The molecule has 0 N–H and O–H groups in total. The van der Waals surface area contributed by atoms with Gasteiger partial charge in [0.2, 0.25) is 0 Å². The van der Waals surface area contributed by atoms with E-state index in [1.165, 1.54) is 11.9 Å². The molecule has 0 radical (unpaired) electrons. The molecule has 0 aliphatic heterocycles. The van der Waals surface area contributed by atoms with Gasteiger partial charge in [-0.2, -0.15) is 0 Å². The van der Waals surface area contributed by atoms with Gasteiger partial charge in [-0.25, -0.2) is 9.97 Å². The maximum absolute atomic E-state index is 6.07. The van der Waals surface area contributed by atoms with Crippen molar-refractivity contribution in [3.05, 3.63) is 64.8 Å². The lowest BCUT2D eigenvalue weighted by atomic mass is 10.0. The zero-order valence-electron chi connectivity index (χ0n) is 10.7. The number of nitrogens with zero attached hydrogens (tertiary/aromatic N) is 3. The topological polar surface area (TPSA) is 30.7 Å². The molecule has 0 spiro atoms. The molecule has 0 fully saturated rings. The van der Waals surface area contributed by atoms with Crippen molar-refractivity contribution in [3.8, 4) is 16.9 Å². The molecule has 20 heavy (non-hydrogen) atoms. The molecule has 2 heterocycles. The first kappa shape index (κ1) is 13.2. The van der Waals surface area contributed by atoms with Crippen LogP contribution in [-0.4, -0.2) is 14.5 Å². The highest BCUT2D eigenvalue weighted by Crippen LogP contribution is 2.27. The molecule has 0 bridgehead atoms. The van der Waals surface area contributed by atoms with Crippen LogP contribution in [0.5, 0.6) is 0 Å². The van der Waals surface area contributed by atoms with Crippen molar-refractivity contribution in [1.29, 1.82) is 0 Å². The van der Waals surface area contributed by atoms with Crippen LogP contribution in [0, 0.1) is 6.92 Å². The number of aryl methyl sites for hydroxylation is 1. The molecule has 3 aromatic rings. The van der Waals surface area contributed by atoms with E-state index in [2.05, 4.69) is 16.9 Å². The lowest BCUT2D eigenvalue weighted by Gasteiger charge is -2.04. The van der Waals surface area contributed by atoms with Crippen LogP contribution >= 0.6 is 23.2 Å². The van der Waals surface area contributed by atoms with Crippen LogP contribution in [-0.2, 0) is 0 Å². The summed E-state index contributed by atoms with van der Waals surface area (Å²) in [5.41, 5.74) is 3.36. The molecule has 2 aromatic heterocycles. The average Bonchev–Trinajstić information content (AvgIpc) is 2.91. The smallest absolute Gasteiger partial charge is 0.141 e. The van der Waals surface area contributed by atoms with Gasteiger partial charge < -0.3 is 4.57 Å². The third-order valence-electron chi connectivity index (χ3n) is 3.09. The van der Waals surface area contributed by atoms with E-state index in [-0.39, 0.29) is 0 Å². The molecule has 0 saturated carbocycles. The van der Waals surface area contributed by atoms with Crippen molar-refractivity contribution in [2.75, 3.05) is 0 Å². The fourth-order valence-corrected chi connectivity index (χ4v) is 2.38. The Hall–Kier alpha value is -1.84. The van der Waals surface area contributed by atoms with E-state index in [4.69, 9.17) is 23.2 Å². The van der Waals surface area contributed by atoms with Gasteiger partial charge in [0.25, 0.3) is 0 Å². The minimum absolute atomic E-state index is 0.421. The molecule has 0 unspecified atom stereocenters. The van der Waals surface area contributed by atoms with Gasteiger partial charge in [0.15, 0.2) is 0 Å². The molecule has 1 aromatic carbocycles. The third-order valence-corrected chi connectivity index (χ3v) is 3.53. The summed E-state index contributed by atoms with van der Waals surface area (Å²) in [6, 6.07) is 9.60. The van der Waals surface area contributed by atoms with E-state index in [1.807, 2.05) is 41.2 Å². The first-order valence-corrected chi connectivity index (χ1v) is 6.81. The summed E-state index contributed by atoms with van der Waals surface area (Å²) in [4.78, 5) is 8.08. The molecule has 0 amide bonds. The van der Waals surface area contributed by atoms with Crippen molar-refractivity contribution >= 4 is 23.2 Å². The van der Waals surface area contributed by atoms with Gasteiger partial charge in [-0.3, -0.25) is 0 Å². The number of hydrogen-bond donors (Lipinski definition) is 0. The van der Waals surface area contributed by atoms with E-state index < -0.39 is 0 Å². The summed E-state index contributed by atoms with van der Waals surface area (Å²) in [5.74, 6) is 0.732. The standard InChI is InChI=1S/C15H11Cl2N3/c1-10-2-3-12(16)6-13(10)11-4-5-20(8-11)15-7-14(17)18-9-19-15/h2-9H,1H3. The monoisotopic (exact) mass is 303 g/mol. The van der Waals surface area contributed by atoms with Gasteiger partial charge >= 0.3 is 0 Å². The van der Waals surface area contributed by atoms with E-state index in [9.17, 15) is 0 Å². The molecule has 3 nitrogen and oxygen atoms in total. The second-order valence-electron chi connectivity index (χ2n) is 4.47. The number of hydrogen-bond acceptors (Lipinski definition) is 2. The summed E-state index contributed by atoms with van der Waals surface area (Å²) in [6.07, 6.45) is 5.38. The molecule has 0 saturated heterocycles. The predicted molar refractivity (Wildman–Crippen MR) is 81.6 cm³/mol. The molecule has 100 valence electrons. The summed E-state index contributed by atoms with van der Waals surface area (Å²) < 4.78 is 1.91. The average molecular weight is 304 g/mol. The van der Waals surface area contributed by atoms with E-state index in [0.717, 1.165) is 22.0 Å². The second kappa shape index (κ2) is 5.27. The largest absolute Gasteiger partial charge is 0.308 e. The minimum Gasteiger partial charge on any atom is -0.308 e. The Morgan fingerprint density at radius 2 is 1.90 bits per heavy atom. The Bertz CT molecular complexity index is 765. The molecular formula is C15H11Cl2N3. The highest BCUT2D eigenvalue weighted by atomic mass is 35.5. The Morgan fingerprint density at radius 3 is 2.70 bits per heavy atom. The minimum atomic E-state index is 0.421. The Morgan fingerprint density at radius 1 is 1.05 bits per heavy atom. The molecule has 0 aliphatic rings. The summed E-state index contributed by atoms with van der Waals surface area (Å²) in [5, 5.41) is 1.15. The van der Waals surface area contributed by atoms with Crippen molar-refractivity contribution in [1.82, 2.24) is 14.5 Å². The second-order valence-corrected chi connectivity index (χ2v) is 5.29. The number of benzene rings is 1. The fourth-order valence-electron chi connectivity index (χ4n) is 2.07. The fraction of sp³-hybridized carbons (Fsp3) is 0.0667. The number of rotatable bonds is 2. The van der Waals surface area contributed by atoms with E-state index in [0.29, 0.717) is 5.15 Å². The zero-order valence-corrected chi connectivity index (χ0v) is 12.2. The lowest BCUT2D eigenvalue weighted by molar-refractivity contribution is 0.983. The zero-order chi connectivity index (χ0) is 14.1. The first-order valence-electron chi connectivity index (χ1n) is 6.06. The Balaban J connectivity index is 2.04. The Labute approximate surface area is 126 Å². The van der Waals surface area contributed by atoms with Crippen molar-refractivity contribution in [3.63, 3.8) is 0 Å². The lowest BCUT2D eigenvalue weighted by Crippen LogP contribution is -1.94. The van der Waals surface area contributed by atoms with Crippen LogP contribution in [0.25, 0.3) is 16.9 Å². The summed E-state index contributed by atoms with van der Waals surface area (Å²) >= 11 is 11.9. The van der Waals surface area contributed by atoms with Crippen LogP contribution in [0.3, 0.4) is 0 Å². The van der Waals surface area contributed by atoms with Crippen molar-refractivity contribution < 1.29 is 0 Å². The van der Waals surface area contributed by atoms with Crippen LogP contribution in [0.15, 0.2) is 49.1 Å². The van der Waals surface area contributed by atoms with Gasteiger partial charge in [-0.1, -0.05) is 29.3 Å². The normalized spacial score (nSPS) is 10.8. The van der Waals surface area contributed by atoms with Crippen LogP contribution in [0.2, 0.25) is 10.2 Å². The highest BCUT2D eigenvalue weighted by molar-refractivity contribution is 6.31. The van der Waals surface area contributed by atoms with Gasteiger partial charge in [-0.05, 0) is 36.2 Å². The molecule has 5 heteroatoms. The number of halogens is 2. The maximum Gasteiger partial charge on any atom is 0.141 e. The van der Waals surface area contributed by atoms with E-state index >= 15 is 0 Å². The number of aromatic nitrogens is 3. The molecule has 0 atom stereocenters. The van der Waals surface area contributed by atoms with Gasteiger partial charge in [0, 0.05) is 29.0 Å².